The van der Waals surface area contributed by atoms with E-state index in [2.05, 4.69) is 33.9 Å². The lowest BCUT2D eigenvalue weighted by Gasteiger charge is -1.99. The molecule has 1 nitrogen and oxygen atoms in total. The molecule has 0 saturated carbocycles. The maximum atomic E-state index is 4.36. The van der Waals surface area contributed by atoms with E-state index in [1.165, 1.54) is 25.0 Å². The van der Waals surface area contributed by atoms with Crippen LogP contribution in [0.25, 0.3) is 0 Å². The van der Waals surface area contributed by atoms with E-state index in [0.717, 1.165) is 11.0 Å². The Kier molecular flexibility index (Phi) is 4.30. The minimum Gasteiger partial charge on any atom is -0.246 e. The van der Waals surface area contributed by atoms with Crippen molar-refractivity contribution in [2.24, 2.45) is 0 Å². The zero-order valence-corrected chi connectivity index (χ0v) is 8.97. The van der Waals surface area contributed by atoms with Crippen molar-refractivity contribution in [2.45, 2.75) is 32.6 Å². The van der Waals surface area contributed by atoms with E-state index in [1.807, 2.05) is 12.1 Å². The fourth-order valence-corrected chi connectivity index (χ4v) is 1.53. The van der Waals surface area contributed by atoms with Crippen LogP contribution in [-0.4, -0.2) is 4.98 Å². The number of aryl methyl sites for hydroxylation is 1. The second kappa shape index (κ2) is 5.31. The van der Waals surface area contributed by atoms with E-state index in [1.54, 1.807) is 0 Å². The van der Waals surface area contributed by atoms with Crippen LogP contribution in [0.3, 0.4) is 0 Å². The molecule has 2 heteroatoms. The van der Waals surface area contributed by atoms with E-state index in [0.29, 0.717) is 0 Å². The van der Waals surface area contributed by atoms with Crippen LogP contribution < -0.4 is 0 Å². The number of nitrogens with zero attached hydrogens (tertiary/aromatic N) is 1. The lowest BCUT2D eigenvalue weighted by molar-refractivity contribution is 0.706. The van der Waals surface area contributed by atoms with Crippen molar-refractivity contribution in [1.29, 1.82) is 0 Å². The average Bonchev–Trinajstić information content (AvgIpc) is 2.05. The van der Waals surface area contributed by atoms with Gasteiger partial charge in [0.2, 0.25) is 0 Å². The molecule has 0 unspecified atom stereocenters. The summed E-state index contributed by atoms with van der Waals surface area (Å²) in [6.45, 7) is 2.22. The Hall–Kier alpha value is -0.370. The van der Waals surface area contributed by atoms with Gasteiger partial charge in [-0.15, -0.1) is 0 Å². The quantitative estimate of drug-likeness (QED) is 0.567. The standard InChI is InChI=1S/C10H14BrN/c1-2-3-4-6-9-7-5-8-10(11)12-9/h5,7-8H,2-4,6H2,1H3. The van der Waals surface area contributed by atoms with Crippen molar-refractivity contribution in [3.05, 3.63) is 28.5 Å². The van der Waals surface area contributed by atoms with Gasteiger partial charge in [0.1, 0.15) is 4.60 Å². The predicted molar refractivity (Wildman–Crippen MR) is 55.2 cm³/mol. The van der Waals surface area contributed by atoms with Crippen LogP contribution in [0, 0.1) is 0 Å². The number of rotatable bonds is 4. The largest absolute Gasteiger partial charge is 0.246 e. The van der Waals surface area contributed by atoms with Gasteiger partial charge in [0.15, 0.2) is 0 Å². The van der Waals surface area contributed by atoms with Crippen LogP contribution in [0.4, 0.5) is 0 Å². The number of unbranched alkanes of at least 4 members (excludes halogenated alkanes) is 2. The average molecular weight is 228 g/mol. The summed E-state index contributed by atoms with van der Waals surface area (Å²) in [5.41, 5.74) is 1.19. The molecule has 0 aromatic carbocycles. The molecule has 1 aromatic heterocycles. The van der Waals surface area contributed by atoms with Gasteiger partial charge in [0.05, 0.1) is 0 Å². The van der Waals surface area contributed by atoms with Crippen LogP contribution in [0.1, 0.15) is 31.9 Å². The van der Waals surface area contributed by atoms with Crippen molar-refractivity contribution in [1.82, 2.24) is 4.98 Å². The maximum Gasteiger partial charge on any atom is 0.106 e. The molecule has 0 spiro atoms. The van der Waals surface area contributed by atoms with Gasteiger partial charge in [-0.25, -0.2) is 4.98 Å². The molecular weight excluding hydrogens is 214 g/mol. The van der Waals surface area contributed by atoms with Crippen LogP contribution in [-0.2, 0) is 6.42 Å². The Balaban J connectivity index is 2.41. The van der Waals surface area contributed by atoms with E-state index < -0.39 is 0 Å². The topological polar surface area (TPSA) is 12.9 Å². The Bertz CT molecular complexity index is 235. The molecule has 0 N–H and O–H groups in total. The van der Waals surface area contributed by atoms with Crippen molar-refractivity contribution >= 4 is 15.9 Å². The van der Waals surface area contributed by atoms with Crippen molar-refractivity contribution in [3.63, 3.8) is 0 Å². The van der Waals surface area contributed by atoms with Gasteiger partial charge in [0, 0.05) is 5.69 Å². The van der Waals surface area contributed by atoms with Crippen molar-refractivity contribution < 1.29 is 0 Å². The smallest absolute Gasteiger partial charge is 0.106 e. The number of halogens is 1. The summed E-state index contributed by atoms with van der Waals surface area (Å²) in [6.07, 6.45) is 4.93. The Morgan fingerprint density at radius 3 is 2.83 bits per heavy atom. The molecule has 0 atom stereocenters. The highest BCUT2D eigenvalue weighted by molar-refractivity contribution is 9.10. The van der Waals surface area contributed by atoms with Crippen molar-refractivity contribution in [3.8, 4) is 0 Å². The summed E-state index contributed by atoms with van der Waals surface area (Å²) in [7, 11) is 0. The van der Waals surface area contributed by atoms with Gasteiger partial charge in [-0.3, -0.25) is 0 Å². The van der Waals surface area contributed by atoms with Crippen LogP contribution in [0.2, 0.25) is 0 Å². The second-order valence-electron chi connectivity index (χ2n) is 2.91. The number of aromatic nitrogens is 1. The third kappa shape index (κ3) is 3.35. The Labute approximate surface area is 82.3 Å². The third-order valence-electron chi connectivity index (χ3n) is 1.81. The number of hydrogen-bond acceptors (Lipinski definition) is 1. The van der Waals surface area contributed by atoms with E-state index in [9.17, 15) is 0 Å². The molecule has 1 rings (SSSR count). The molecule has 0 amide bonds. The van der Waals surface area contributed by atoms with E-state index >= 15 is 0 Å². The molecule has 0 bridgehead atoms. The molecule has 1 aromatic rings. The summed E-state index contributed by atoms with van der Waals surface area (Å²) >= 11 is 3.36. The molecular formula is C10H14BrN. The zero-order chi connectivity index (χ0) is 8.81. The predicted octanol–water partition coefficient (Wildman–Crippen LogP) is 3.58. The monoisotopic (exact) mass is 227 g/mol. The Morgan fingerprint density at radius 2 is 2.17 bits per heavy atom. The van der Waals surface area contributed by atoms with Gasteiger partial charge in [-0.2, -0.15) is 0 Å². The highest BCUT2D eigenvalue weighted by atomic mass is 79.9. The third-order valence-corrected chi connectivity index (χ3v) is 2.25. The first-order valence-electron chi connectivity index (χ1n) is 4.44. The molecule has 0 fully saturated rings. The molecule has 1 heterocycles. The van der Waals surface area contributed by atoms with Gasteiger partial charge >= 0.3 is 0 Å². The highest BCUT2D eigenvalue weighted by Gasteiger charge is 1.94. The molecule has 12 heavy (non-hydrogen) atoms. The molecule has 0 aliphatic rings. The van der Waals surface area contributed by atoms with Gasteiger partial charge in [-0.1, -0.05) is 25.8 Å². The molecule has 0 saturated heterocycles. The van der Waals surface area contributed by atoms with E-state index in [4.69, 9.17) is 0 Å². The van der Waals surface area contributed by atoms with Crippen LogP contribution in [0.15, 0.2) is 22.8 Å². The lowest BCUT2D eigenvalue weighted by atomic mass is 10.1. The number of pyridine rings is 1. The molecule has 0 radical (unpaired) electrons. The highest BCUT2D eigenvalue weighted by Crippen LogP contribution is 2.09. The fourth-order valence-electron chi connectivity index (χ4n) is 1.15. The maximum absolute atomic E-state index is 4.36. The van der Waals surface area contributed by atoms with Gasteiger partial charge < -0.3 is 0 Å². The summed E-state index contributed by atoms with van der Waals surface area (Å²) in [5.74, 6) is 0. The van der Waals surface area contributed by atoms with Crippen molar-refractivity contribution in [2.75, 3.05) is 0 Å². The molecule has 0 aliphatic heterocycles. The van der Waals surface area contributed by atoms with Crippen LogP contribution >= 0.6 is 15.9 Å². The molecule has 66 valence electrons. The minimum absolute atomic E-state index is 0.941. The van der Waals surface area contributed by atoms with Gasteiger partial charge in [0.25, 0.3) is 0 Å². The SMILES string of the molecule is CCCCCc1cccc(Br)n1. The Morgan fingerprint density at radius 1 is 1.33 bits per heavy atom. The summed E-state index contributed by atoms with van der Waals surface area (Å²) in [5, 5.41) is 0. The van der Waals surface area contributed by atoms with Gasteiger partial charge in [-0.05, 0) is 40.9 Å². The minimum atomic E-state index is 0.941. The van der Waals surface area contributed by atoms with E-state index in [-0.39, 0.29) is 0 Å². The lowest BCUT2D eigenvalue weighted by Crippen LogP contribution is -1.89. The summed E-state index contributed by atoms with van der Waals surface area (Å²) in [4.78, 5) is 4.36. The first-order chi connectivity index (χ1) is 5.83. The summed E-state index contributed by atoms with van der Waals surface area (Å²) < 4.78 is 0.941. The van der Waals surface area contributed by atoms with Crippen LogP contribution in [0.5, 0.6) is 0 Å². The first kappa shape index (κ1) is 9.72. The fraction of sp³-hybridized carbons (Fsp3) is 0.500. The first-order valence-corrected chi connectivity index (χ1v) is 5.23. The second-order valence-corrected chi connectivity index (χ2v) is 3.72. The normalized spacial score (nSPS) is 10.2. The zero-order valence-electron chi connectivity index (χ0n) is 7.39. The molecule has 0 aliphatic carbocycles. The summed E-state index contributed by atoms with van der Waals surface area (Å²) in [6, 6.07) is 6.09. The number of hydrogen-bond donors (Lipinski definition) is 0.